The van der Waals surface area contributed by atoms with Crippen LogP contribution in [0.1, 0.15) is 13.8 Å². The van der Waals surface area contributed by atoms with Gasteiger partial charge in [-0.1, -0.05) is 18.2 Å². The summed E-state index contributed by atoms with van der Waals surface area (Å²) in [6, 6.07) is 9.49. The molecule has 1 aromatic heterocycles. The Kier molecular flexibility index (Phi) is 4.92. The lowest BCUT2D eigenvalue weighted by atomic mass is 10.3. The number of aromatic amines is 1. The highest BCUT2D eigenvalue weighted by molar-refractivity contribution is 5.81. The Morgan fingerprint density at radius 3 is 2.44 bits per heavy atom. The molecule has 0 saturated heterocycles. The number of amides is 1. The molecule has 1 heterocycles. The van der Waals surface area contributed by atoms with Gasteiger partial charge in [-0.25, -0.2) is 0 Å². The van der Waals surface area contributed by atoms with Gasteiger partial charge in [0.05, 0.1) is 0 Å². The Labute approximate surface area is 105 Å². The van der Waals surface area contributed by atoms with Gasteiger partial charge in [0.25, 0.3) is 0 Å². The van der Waals surface area contributed by atoms with E-state index in [9.17, 15) is 9.59 Å². The van der Waals surface area contributed by atoms with Crippen molar-refractivity contribution in [2.75, 3.05) is 0 Å². The maximum Gasteiger partial charge on any atom is 0.325 e. The molecule has 0 radical (unpaired) electrons. The fourth-order valence-corrected chi connectivity index (χ4v) is 1.36. The number of rotatable bonds is 2. The van der Waals surface area contributed by atoms with Gasteiger partial charge >= 0.3 is 5.97 Å². The molecule has 0 spiro atoms. The van der Waals surface area contributed by atoms with Gasteiger partial charge < -0.3 is 15.4 Å². The van der Waals surface area contributed by atoms with E-state index < -0.39 is 12.0 Å². The van der Waals surface area contributed by atoms with Crippen LogP contribution in [-0.4, -0.2) is 28.0 Å². The van der Waals surface area contributed by atoms with Crippen LogP contribution in [0.4, 0.5) is 0 Å². The van der Waals surface area contributed by atoms with Crippen molar-refractivity contribution in [2.45, 2.75) is 19.9 Å². The zero-order valence-corrected chi connectivity index (χ0v) is 10.3. The van der Waals surface area contributed by atoms with E-state index in [-0.39, 0.29) is 5.91 Å². The second-order valence-electron chi connectivity index (χ2n) is 3.83. The molecule has 0 bridgehead atoms. The number of carbonyl (C=O) groups is 2. The lowest BCUT2D eigenvalue weighted by Gasteiger charge is -2.04. The quantitative estimate of drug-likeness (QED) is 0.757. The first-order valence-corrected chi connectivity index (χ1v) is 5.52. The van der Waals surface area contributed by atoms with Gasteiger partial charge in [-0.15, -0.1) is 0 Å². The lowest BCUT2D eigenvalue weighted by Crippen LogP contribution is -2.36. The standard InChI is InChI=1S/C8H7N.C5H9NO3/c1-2-4-8-7(3-1)5-6-9-8;1-3(5(8)9)6-4(2)7/h1-6,9H;3H,1-2H3,(H,6,7)(H,8,9)/t;3-/m.0/s1. The van der Waals surface area contributed by atoms with E-state index in [0.29, 0.717) is 0 Å². The van der Waals surface area contributed by atoms with Crippen LogP contribution in [-0.2, 0) is 9.59 Å². The maximum atomic E-state index is 10.2. The Morgan fingerprint density at radius 2 is 1.94 bits per heavy atom. The van der Waals surface area contributed by atoms with Crippen LogP contribution in [0.2, 0.25) is 0 Å². The van der Waals surface area contributed by atoms with Crippen molar-refractivity contribution in [3.8, 4) is 0 Å². The zero-order valence-electron chi connectivity index (χ0n) is 10.3. The molecule has 18 heavy (non-hydrogen) atoms. The third-order valence-corrected chi connectivity index (χ3v) is 2.25. The average Bonchev–Trinajstić information content (AvgIpc) is 2.76. The molecule has 0 aliphatic heterocycles. The number of carboxylic acid groups (broad SMARTS) is 1. The fourth-order valence-electron chi connectivity index (χ4n) is 1.36. The lowest BCUT2D eigenvalue weighted by molar-refractivity contribution is -0.140. The van der Waals surface area contributed by atoms with Crippen LogP contribution in [0.5, 0.6) is 0 Å². The van der Waals surface area contributed by atoms with E-state index in [1.165, 1.54) is 24.8 Å². The SMILES string of the molecule is CC(=O)N[C@@H](C)C(=O)O.c1ccc2[nH]ccc2c1. The second kappa shape index (κ2) is 6.44. The van der Waals surface area contributed by atoms with E-state index in [2.05, 4.69) is 28.5 Å². The number of para-hydroxylation sites is 1. The monoisotopic (exact) mass is 248 g/mol. The molecule has 5 heteroatoms. The van der Waals surface area contributed by atoms with Crippen LogP contribution >= 0.6 is 0 Å². The third kappa shape index (κ3) is 4.29. The molecule has 0 aliphatic rings. The summed E-state index contributed by atoms with van der Waals surface area (Å²) in [5.41, 5.74) is 1.21. The van der Waals surface area contributed by atoms with Crippen LogP contribution in [0.3, 0.4) is 0 Å². The number of carbonyl (C=O) groups excluding carboxylic acids is 1. The summed E-state index contributed by atoms with van der Waals surface area (Å²) < 4.78 is 0. The molecular weight excluding hydrogens is 232 g/mol. The van der Waals surface area contributed by atoms with E-state index in [0.717, 1.165) is 0 Å². The Morgan fingerprint density at radius 1 is 1.28 bits per heavy atom. The van der Waals surface area contributed by atoms with Gasteiger partial charge in [-0.3, -0.25) is 9.59 Å². The van der Waals surface area contributed by atoms with Crippen molar-refractivity contribution < 1.29 is 14.7 Å². The molecule has 1 amide bonds. The first-order chi connectivity index (χ1) is 8.50. The zero-order chi connectivity index (χ0) is 13.5. The molecule has 96 valence electrons. The highest BCUT2D eigenvalue weighted by Gasteiger charge is 2.09. The molecule has 0 unspecified atom stereocenters. The van der Waals surface area contributed by atoms with E-state index in [1.807, 2.05) is 18.3 Å². The molecule has 0 aliphatic carbocycles. The summed E-state index contributed by atoms with van der Waals surface area (Å²) >= 11 is 0. The molecule has 2 rings (SSSR count). The van der Waals surface area contributed by atoms with Gasteiger partial charge in [0.2, 0.25) is 5.91 Å². The smallest absolute Gasteiger partial charge is 0.325 e. The average molecular weight is 248 g/mol. The van der Waals surface area contributed by atoms with Crippen molar-refractivity contribution in [1.82, 2.24) is 10.3 Å². The van der Waals surface area contributed by atoms with Gasteiger partial charge in [-0.2, -0.15) is 0 Å². The second-order valence-corrected chi connectivity index (χ2v) is 3.83. The minimum Gasteiger partial charge on any atom is -0.480 e. The van der Waals surface area contributed by atoms with Crippen molar-refractivity contribution in [2.24, 2.45) is 0 Å². The number of hydrogen-bond acceptors (Lipinski definition) is 2. The highest BCUT2D eigenvalue weighted by atomic mass is 16.4. The van der Waals surface area contributed by atoms with Gasteiger partial charge in [0, 0.05) is 18.6 Å². The summed E-state index contributed by atoms with van der Waals surface area (Å²) in [6.45, 7) is 2.68. The normalized spacial score (nSPS) is 11.2. The number of fused-ring (bicyclic) bond motifs is 1. The van der Waals surface area contributed by atoms with Gasteiger partial charge in [0.15, 0.2) is 0 Å². The molecule has 0 saturated carbocycles. The molecule has 3 N–H and O–H groups in total. The maximum absolute atomic E-state index is 10.2. The first kappa shape index (κ1) is 13.8. The molecule has 5 nitrogen and oxygen atoms in total. The third-order valence-electron chi connectivity index (χ3n) is 2.25. The van der Waals surface area contributed by atoms with Crippen LogP contribution in [0.25, 0.3) is 10.9 Å². The molecule has 0 fully saturated rings. The predicted molar refractivity (Wildman–Crippen MR) is 69.2 cm³/mol. The highest BCUT2D eigenvalue weighted by Crippen LogP contribution is 2.09. The Balaban J connectivity index is 0.000000180. The van der Waals surface area contributed by atoms with Crippen LogP contribution in [0.15, 0.2) is 36.5 Å². The number of H-pyrrole nitrogens is 1. The van der Waals surface area contributed by atoms with Crippen molar-refractivity contribution in [3.05, 3.63) is 36.5 Å². The Hall–Kier alpha value is -2.30. The summed E-state index contributed by atoms with van der Waals surface area (Å²) in [7, 11) is 0. The molecular formula is C13H16N2O3. The number of benzene rings is 1. The van der Waals surface area contributed by atoms with E-state index >= 15 is 0 Å². The number of carboxylic acids is 1. The van der Waals surface area contributed by atoms with Crippen molar-refractivity contribution >= 4 is 22.8 Å². The number of nitrogens with one attached hydrogen (secondary N) is 2. The molecule has 1 atom stereocenters. The topological polar surface area (TPSA) is 82.2 Å². The first-order valence-electron chi connectivity index (χ1n) is 5.52. The van der Waals surface area contributed by atoms with Crippen LogP contribution < -0.4 is 5.32 Å². The van der Waals surface area contributed by atoms with Gasteiger partial charge in [-0.05, 0) is 24.4 Å². The molecule has 1 aromatic carbocycles. The molecule has 2 aromatic rings. The number of aromatic nitrogens is 1. The summed E-state index contributed by atoms with van der Waals surface area (Å²) in [6.07, 6.45) is 1.95. The van der Waals surface area contributed by atoms with Crippen LogP contribution in [0, 0.1) is 0 Å². The van der Waals surface area contributed by atoms with Crippen molar-refractivity contribution in [1.29, 1.82) is 0 Å². The fraction of sp³-hybridized carbons (Fsp3) is 0.231. The summed E-state index contributed by atoms with van der Waals surface area (Å²) in [5.74, 6) is -1.35. The minimum absolute atomic E-state index is 0.329. The summed E-state index contributed by atoms with van der Waals surface area (Å²) in [4.78, 5) is 23.3. The van der Waals surface area contributed by atoms with Crippen molar-refractivity contribution in [3.63, 3.8) is 0 Å². The van der Waals surface area contributed by atoms with Gasteiger partial charge in [0.1, 0.15) is 6.04 Å². The van der Waals surface area contributed by atoms with E-state index in [1.54, 1.807) is 0 Å². The largest absolute Gasteiger partial charge is 0.480 e. The minimum atomic E-state index is -1.02. The van der Waals surface area contributed by atoms with E-state index in [4.69, 9.17) is 5.11 Å². The number of hydrogen-bond donors (Lipinski definition) is 3. The summed E-state index contributed by atoms with van der Waals surface area (Å²) in [5, 5.41) is 11.7. The number of aliphatic carboxylic acids is 1. The Bertz CT molecular complexity index is 504. The predicted octanol–water partition coefficient (Wildman–Crippen LogP) is 1.76.